The molecule has 0 bridgehead atoms. The third kappa shape index (κ3) is 1.39. The van der Waals surface area contributed by atoms with Crippen molar-refractivity contribution in [1.82, 2.24) is 0 Å². The molecule has 0 saturated carbocycles. The zero-order chi connectivity index (χ0) is 11.0. The molecule has 6 heteroatoms. The second-order valence-corrected chi connectivity index (χ2v) is 3.09. The molecule has 1 heterocycles. The van der Waals surface area contributed by atoms with E-state index in [0.717, 1.165) is 0 Å². The Labute approximate surface area is 84.4 Å². The molecule has 0 saturated heterocycles. The van der Waals surface area contributed by atoms with Gasteiger partial charge in [-0.05, 0) is 6.07 Å². The summed E-state index contributed by atoms with van der Waals surface area (Å²) in [4.78, 5) is 10.4. The van der Waals surface area contributed by atoms with Gasteiger partial charge in [-0.25, -0.2) is 0 Å². The highest BCUT2D eigenvalue weighted by Crippen LogP contribution is 2.22. The van der Waals surface area contributed by atoms with Crippen LogP contribution in [0.1, 0.15) is 12.6 Å². The first-order valence-electron chi connectivity index (χ1n) is 4.43. The summed E-state index contributed by atoms with van der Waals surface area (Å²) >= 11 is 0. The fourth-order valence-electron chi connectivity index (χ4n) is 1.50. The van der Waals surface area contributed by atoms with Gasteiger partial charge in [0.1, 0.15) is 0 Å². The maximum atomic E-state index is 11.2. The van der Waals surface area contributed by atoms with Gasteiger partial charge in [-0.1, -0.05) is 6.92 Å². The molecule has 0 aliphatic rings. The van der Waals surface area contributed by atoms with Gasteiger partial charge in [-0.3, -0.25) is 15.3 Å². The predicted molar refractivity (Wildman–Crippen MR) is 51.2 cm³/mol. The molecular weight excluding hydrogens is 200 g/mol. The summed E-state index contributed by atoms with van der Waals surface area (Å²) in [6, 6.07) is 4.14. The number of fused-ring (bicyclic) bond motifs is 1. The van der Waals surface area contributed by atoms with Crippen LogP contribution in [0.3, 0.4) is 0 Å². The minimum absolute atomic E-state index is 0.0838. The molecule has 2 aromatic rings. The molecule has 0 aliphatic heterocycles. The fourth-order valence-corrected chi connectivity index (χ4v) is 1.50. The van der Waals surface area contributed by atoms with Crippen LogP contribution in [0.15, 0.2) is 22.7 Å². The van der Waals surface area contributed by atoms with E-state index in [1.54, 1.807) is 0 Å². The van der Waals surface area contributed by atoms with Crippen LogP contribution in [0.5, 0.6) is 0 Å². The minimum Gasteiger partial charge on any atom is -0.366 e. The van der Waals surface area contributed by atoms with Gasteiger partial charge in [0.15, 0.2) is 0 Å². The smallest absolute Gasteiger partial charge is 0.270 e. The summed E-state index contributed by atoms with van der Waals surface area (Å²) in [7, 11) is 0. The van der Waals surface area contributed by atoms with Gasteiger partial charge in [0, 0.05) is 23.5 Å². The lowest BCUT2D eigenvalue weighted by atomic mass is 10.2. The average Bonchev–Trinajstić information content (AvgIpc) is 2.51. The molecule has 0 amide bonds. The number of aryl methyl sites for hydroxylation is 1. The lowest BCUT2D eigenvalue weighted by molar-refractivity contribution is -0.793. The van der Waals surface area contributed by atoms with E-state index in [4.69, 9.17) is 4.52 Å². The number of non-ortho nitro benzene ring substituents is 1. The fraction of sp³-hybridized carbons (Fsp3) is 0.222. The molecular formula is C9H8N2O4. The third-order valence-electron chi connectivity index (χ3n) is 2.22. The van der Waals surface area contributed by atoms with Crippen molar-refractivity contribution in [3.8, 4) is 0 Å². The zero-order valence-corrected chi connectivity index (χ0v) is 7.97. The topological polar surface area (TPSA) is 83.2 Å². The van der Waals surface area contributed by atoms with Gasteiger partial charge in [0.25, 0.3) is 11.4 Å². The monoisotopic (exact) mass is 208 g/mol. The van der Waals surface area contributed by atoms with Crippen LogP contribution < -0.4 is 4.90 Å². The Hall–Kier alpha value is -2.11. The third-order valence-corrected chi connectivity index (χ3v) is 2.22. The predicted octanol–water partition coefficient (Wildman–Crippen LogP) is 1.54. The Morgan fingerprint density at radius 1 is 1.53 bits per heavy atom. The van der Waals surface area contributed by atoms with E-state index in [0.29, 0.717) is 22.4 Å². The molecule has 2 rings (SSSR count). The standard InChI is InChI=1S/C9H8N2O4/c1-2-8-7-4-3-6(10(12)13)5-9(7)15-11(8)14/h3-5H,2H2,1H3. The molecule has 1 aromatic carbocycles. The van der Waals surface area contributed by atoms with Crippen molar-refractivity contribution in [2.75, 3.05) is 0 Å². The average molecular weight is 208 g/mol. The van der Waals surface area contributed by atoms with Gasteiger partial charge >= 0.3 is 0 Å². The molecule has 15 heavy (non-hydrogen) atoms. The van der Waals surface area contributed by atoms with Crippen molar-refractivity contribution in [3.05, 3.63) is 39.2 Å². The van der Waals surface area contributed by atoms with Crippen LogP contribution in [0.4, 0.5) is 5.69 Å². The Kier molecular flexibility index (Phi) is 2.03. The first-order valence-corrected chi connectivity index (χ1v) is 4.43. The molecule has 0 aliphatic carbocycles. The van der Waals surface area contributed by atoms with E-state index in [-0.39, 0.29) is 11.3 Å². The second kappa shape index (κ2) is 3.23. The van der Waals surface area contributed by atoms with Crippen LogP contribution in [0, 0.1) is 15.3 Å². The van der Waals surface area contributed by atoms with Crippen molar-refractivity contribution >= 4 is 16.7 Å². The van der Waals surface area contributed by atoms with Crippen LogP contribution in [-0.2, 0) is 6.42 Å². The number of benzene rings is 1. The highest BCUT2D eigenvalue weighted by molar-refractivity contribution is 5.80. The number of nitrogens with zero attached hydrogens (tertiary/aromatic N) is 2. The number of hydrogen-bond donors (Lipinski definition) is 0. The largest absolute Gasteiger partial charge is 0.366 e. The normalized spacial score (nSPS) is 10.7. The summed E-state index contributed by atoms with van der Waals surface area (Å²) in [6.07, 6.45) is 0.522. The Morgan fingerprint density at radius 3 is 2.87 bits per heavy atom. The molecule has 0 radical (unpaired) electrons. The van der Waals surface area contributed by atoms with Gasteiger partial charge in [0.2, 0.25) is 0 Å². The first-order chi connectivity index (χ1) is 7.13. The molecule has 78 valence electrons. The van der Waals surface area contributed by atoms with Crippen LogP contribution >= 0.6 is 0 Å². The van der Waals surface area contributed by atoms with Crippen molar-refractivity contribution in [3.63, 3.8) is 0 Å². The summed E-state index contributed by atoms with van der Waals surface area (Å²) in [5.41, 5.74) is 0.649. The quantitative estimate of drug-likeness (QED) is 0.425. The van der Waals surface area contributed by atoms with Crippen molar-refractivity contribution in [2.45, 2.75) is 13.3 Å². The number of aromatic nitrogens is 1. The summed E-state index contributed by atoms with van der Waals surface area (Å²) < 4.78 is 4.84. The Balaban J connectivity index is 2.69. The molecule has 0 N–H and O–H groups in total. The summed E-state index contributed by atoms with van der Waals surface area (Å²) in [6.45, 7) is 1.82. The molecule has 6 nitrogen and oxygen atoms in total. The Bertz CT molecular complexity index is 532. The second-order valence-electron chi connectivity index (χ2n) is 3.09. The van der Waals surface area contributed by atoms with E-state index in [9.17, 15) is 15.3 Å². The molecule has 1 aromatic heterocycles. The SMILES string of the molecule is CCc1c2ccc([N+](=O)[O-])cc2o[n+]1[O-]. The molecule has 0 atom stereocenters. The summed E-state index contributed by atoms with van der Waals surface area (Å²) in [5, 5.41) is 22.3. The lowest BCUT2D eigenvalue weighted by Gasteiger charge is -1.90. The van der Waals surface area contributed by atoms with E-state index < -0.39 is 4.92 Å². The number of rotatable bonds is 2. The highest BCUT2D eigenvalue weighted by Gasteiger charge is 2.16. The van der Waals surface area contributed by atoms with Crippen molar-refractivity contribution in [1.29, 1.82) is 0 Å². The number of nitro groups is 1. The minimum atomic E-state index is -0.525. The van der Waals surface area contributed by atoms with E-state index in [1.165, 1.54) is 18.2 Å². The Morgan fingerprint density at radius 2 is 2.27 bits per heavy atom. The van der Waals surface area contributed by atoms with Crippen LogP contribution in [0.25, 0.3) is 11.0 Å². The van der Waals surface area contributed by atoms with Gasteiger partial charge < -0.3 is 4.52 Å². The van der Waals surface area contributed by atoms with Crippen LogP contribution in [0.2, 0.25) is 0 Å². The number of nitro benzene ring substituents is 1. The van der Waals surface area contributed by atoms with E-state index in [2.05, 4.69) is 0 Å². The van der Waals surface area contributed by atoms with Gasteiger partial charge in [0.05, 0.1) is 15.9 Å². The van der Waals surface area contributed by atoms with Gasteiger partial charge in [-0.2, -0.15) is 0 Å². The van der Waals surface area contributed by atoms with Crippen molar-refractivity contribution in [2.24, 2.45) is 0 Å². The van der Waals surface area contributed by atoms with E-state index in [1.807, 2.05) is 6.92 Å². The maximum absolute atomic E-state index is 11.2. The van der Waals surface area contributed by atoms with Crippen molar-refractivity contribution < 1.29 is 14.3 Å². The van der Waals surface area contributed by atoms with Crippen LogP contribution in [-0.4, -0.2) is 4.92 Å². The highest BCUT2D eigenvalue weighted by atomic mass is 16.7. The maximum Gasteiger partial charge on any atom is 0.270 e. The molecule has 0 spiro atoms. The zero-order valence-electron chi connectivity index (χ0n) is 7.97. The number of hydrogen-bond acceptors (Lipinski definition) is 4. The lowest BCUT2D eigenvalue weighted by Crippen LogP contribution is -2.27. The first kappa shape index (κ1) is 9.45. The molecule has 0 unspecified atom stereocenters. The van der Waals surface area contributed by atoms with E-state index >= 15 is 0 Å². The van der Waals surface area contributed by atoms with Gasteiger partial charge in [-0.15, -0.1) is 0 Å². The summed E-state index contributed by atoms with van der Waals surface area (Å²) in [5.74, 6) is 0. The molecule has 0 fully saturated rings.